The van der Waals surface area contributed by atoms with E-state index in [4.69, 9.17) is 10.7 Å². The van der Waals surface area contributed by atoms with Crippen molar-refractivity contribution in [1.29, 1.82) is 0 Å². The van der Waals surface area contributed by atoms with Crippen LogP contribution in [0.3, 0.4) is 0 Å². The molecule has 4 rings (SSSR count). The van der Waals surface area contributed by atoms with Gasteiger partial charge in [-0.2, -0.15) is 0 Å². The standard InChI is InChI=1S/C9H13NO3/c10-13-8-2-5-1-6(11)3-7(12,4-8)9(5,6)8/h5,11-12H,1-4,10H2. The zero-order chi connectivity index (χ0) is 9.11. The van der Waals surface area contributed by atoms with Crippen LogP contribution in [0.5, 0.6) is 0 Å². The van der Waals surface area contributed by atoms with Crippen molar-refractivity contribution in [2.75, 3.05) is 0 Å². The largest absolute Gasteiger partial charge is 0.389 e. The van der Waals surface area contributed by atoms with Crippen molar-refractivity contribution >= 4 is 0 Å². The minimum Gasteiger partial charge on any atom is -0.389 e. The molecule has 13 heavy (non-hydrogen) atoms. The normalized spacial score (nSPS) is 76.4. The Morgan fingerprint density at radius 3 is 2.31 bits per heavy atom. The highest BCUT2D eigenvalue weighted by molar-refractivity contribution is 5.50. The van der Waals surface area contributed by atoms with Crippen LogP contribution in [0.25, 0.3) is 0 Å². The summed E-state index contributed by atoms with van der Waals surface area (Å²) in [4.78, 5) is 5.01. The van der Waals surface area contributed by atoms with Crippen LogP contribution >= 0.6 is 0 Å². The molecule has 5 atom stereocenters. The molecule has 0 amide bonds. The summed E-state index contributed by atoms with van der Waals surface area (Å²) in [5, 5.41) is 20.2. The summed E-state index contributed by atoms with van der Waals surface area (Å²) in [6, 6.07) is 0. The minimum absolute atomic E-state index is 0.359. The molecule has 0 aromatic rings. The van der Waals surface area contributed by atoms with Gasteiger partial charge in [-0.25, -0.2) is 5.90 Å². The van der Waals surface area contributed by atoms with Gasteiger partial charge in [-0.05, 0) is 18.8 Å². The predicted molar refractivity (Wildman–Crippen MR) is 42.3 cm³/mol. The van der Waals surface area contributed by atoms with Crippen LogP contribution in [0.2, 0.25) is 0 Å². The SMILES string of the molecule is NOC12CC3CC4(O)CC(O)(C1)C342. The average molecular weight is 183 g/mol. The maximum Gasteiger partial charge on any atom is 0.104 e. The monoisotopic (exact) mass is 183 g/mol. The molecule has 0 aliphatic heterocycles. The zero-order valence-electron chi connectivity index (χ0n) is 7.29. The minimum atomic E-state index is -0.651. The van der Waals surface area contributed by atoms with E-state index < -0.39 is 11.2 Å². The fourth-order valence-corrected chi connectivity index (χ4v) is 5.35. The molecule has 0 radical (unpaired) electrons. The topological polar surface area (TPSA) is 75.7 Å². The van der Waals surface area contributed by atoms with E-state index >= 15 is 0 Å². The maximum absolute atomic E-state index is 10.1. The summed E-state index contributed by atoms with van der Waals surface area (Å²) >= 11 is 0. The Balaban J connectivity index is 1.86. The highest BCUT2D eigenvalue weighted by Crippen LogP contribution is 2.92. The zero-order valence-corrected chi connectivity index (χ0v) is 7.29. The molecule has 0 saturated heterocycles. The molecule has 72 valence electrons. The van der Waals surface area contributed by atoms with E-state index in [2.05, 4.69) is 0 Å². The van der Waals surface area contributed by atoms with Gasteiger partial charge in [-0.1, -0.05) is 0 Å². The first kappa shape index (κ1) is 7.17. The molecule has 0 aromatic heterocycles. The van der Waals surface area contributed by atoms with Crippen molar-refractivity contribution in [1.82, 2.24) is 0 Å². The van der Waals surface area contributed by atoms with E-state index in [0.717, 1.165) is 12.8 Å². The van der Waals surface area contributed by atoms with E-state index in [9.17, 15) is 10.2 Å². The average Bonchev–Trinajstić information content (AvgIpc) is 1.95. The molecule has 4 N–H and O–H groups in total. The van der Waals surface area contributed by atoms with Gasteiger partial charge in [0.15, 0.2) is 0 Å². The molecule has 1 spiro atoms. The molecule has 4 aliphatic carbocycles. The van der Waals surface area contributed by atoms with Gasteiger partial charge in [-0.15, -0.1) is 0 Å². The second-order valence-electron chi connectivity index (χ2n) is 5.44. The quantitative estimate of drug-likeness (QED) is 0.470. The smallest absolute Gasteiger partial charge is 0.104 e. The lowest BCUT2D eigenvalue weighted by molar-refractivity contribution is -0.556. The highest BCUT2D eigenvalue weighted by atomic mass is 16.6. The van der Waals surface area contributed by atoms with Crippen LogP contribution in [0.1, 0.15) is 25.7 Å². The lowest BCUT2D eigenvalue weighted by Gasteiger charge is -2.94. The third kappa shape index (κ3) is 0.343. The molecule has 0 heterocycles. The lowest BCUT2D eigenvalue weighted by atomic mass is 9.13. The van der Waals surface area contributed by atoms with E-state index in [-0.39, 0.29) is 11.0 Å². The molecule has 4 nitrogen and oxygen atoms in total. The summed E-state index contributed by atoms with van der Waals surface area (Å²) in [5.74, 6) is 5.72. The summed E-state index contributed by atoms with van der Waals surface area (Å²) in [5.41, 5.74) is -2.04. The van der Waals surface area contributed by atoms with Crippen molar-refractivity contribution in [3.63, 3.8) is 0 Å². The Kier molecular flexibility index (Phi) is 0.757. The number of aliphatic hydroxyl groups is 2. The number of rotatable bonds is 1. The van der Waals surface area contributed by atoms with E-state index in [0.29, 0.717) is 18.8 Å². The van der Waals surface area contributed by atoms with Crippen molar-refractivity contribution in [2.45, 2.75) is 42.5 Å². The molecule has 4 saturated carbocycles. The highest BCUT2D eigenvalue weighted by Gasteiger charge is 3.01. The molecule has 0 bridgehead atoms. The van der Waals surface area contributed by atoms with Crippen LogP contribution in [-0.2, 0) is 4.84 Å². The van der Waals surface area contributed by atoms with Crippen LogP contribution in [0.15, 0.2) is 0 Å². The number of nitrogens with two attached hydrogens (primary N) is 1. The first-order valence-corrected chi connectivity index (χ1v) is 4.86. The second-order valence-corrected chi connectivity index (χ2v) is 5.44. The van der Waals surface area contributed by atoms with Gasteiger partial charge in [0.25, 0.3) is 0 Å². The number of hydrogen-bond acceptors (Lipinski definition) is 4. The van der Waals surface area contributed by atoms with Crippen LogP contribution in [0, 0.1) is 11.3 Å². The van der Waals surface area contributed by atoms with Crippen molar-refractivity contribution < 1.29 is 15.1 Å². The van der Waals surface area contributed by atoms with E-state index in [1.807, 2.05) is 0 Å². The summed E-state index contributed by atoms with van der Waals surface area (Å²) in [7, 11) is 0. The molecule has 4 heteroatoms. The van der Waals surface area contributed by atoms with Crippen LogP contribution in [0.4, 0.5) is 0 Å². The number of hydrogen-bond donors (Lipinski definition) is 3. The van der Waals surface area contributed by atoms with Gasteiger partial charge in [0.05, 0.1) is 16.6 Å². The first-order chi connectivity index (χ1) is 6.04. The van der Waals surface area contributed by atoms with Crippen molar-refractivity contribution in [3.05, 3.63) is 0 Å². The Bertz CT molecular complexity index is 325. The Morgan fingerprint density at radius 2 is 1.92 bits per heavy atom. The van der Waals surface area contributed by atoms with Gasteiger partial charge in [0, 0.05) is 12.8 Å². The fraction of sp³-hybridized carbons (Fsp3) is 1.00. The molecular weight excluding hydrogens is 170 g/mol. The second kappa shape index (κ2) is 1.37. The molecule has 4 fully saturated rings. The predicted octanol–water partition coefficient (Wildman–Crippen LogP) is -0.705. The van der Waals surface area contributed by atoms with Gasteiger partial charge >= 0.3 is 0 Å². The lowest BCUT2D eigenvalue weighted by Crippen LogP contribution is -3.04. The van der Waals surface area contributed by atoms with Gasteiger partial charge in [0.2, 0.25) is 0 Å². The van der Waals surface area contributed by atoms with Crippen molar-refractivity contribution in [3.8, 4) is 0 Å². The Labute approximate surface area is 75.6 Å². The molecule has 0 aromatic carbocycles. The Morgan fingerprint density at radius 1 is 1.15 bits per heavy atom. The van der Waals surface area contributed by atoms with Gasteiger partial charge in [0.1, 0.15) is 5.60 Å². The summed E-state index contributed by atoms with van der Waals surface area (Å²) in [6.45, 7) is 0. The molecular formula is C9H13NO3. The Hall–Kier alpha value is -0.160. The summed E-state index contributed by atoms with van der Waals surface area (Å²) < 4.78 is 0. The molecule has 5 unspecified atom stereocenters. The van der Waals surface area contributed by atoms with E-state index in [1.165, 1.54) is 0 Å². The summed E-state index contributed by atoms with van der Waals surface area (Å²) in [6.07, 6.45) is 2.91. The van der Waals surface area contributed by atoms with Gasteiger partial charge in [-0.3, -0.25) is 4.84 Å². The van der Waals surface area contributed by atoms with Gasteiger partial charge < -0.3 is 10.2 Å². The fourth-order valence-electron chi connectivity index (χ4n) is 5.35. The third-order valence-corrected chi connectivity index (χ3v) is 5.35. The third-order valence-electron chi connectivity index (χ3n) is 5.35. The maximum atomic E-state index is 10.1. The van der Waals surface area contributed by atoms with Crippen molar-refractivity contribution in [2.24, 2.45) is 17.2 Å². The van der Waals surface area contributed by atoms with Crippen LogP contribution in [-0.4, -0.2) is 27.0 Å². The van der Waals surface area contributed by atoms with E-state index in [1.54, 1.807) is 0 Å². The first-order valence-electron chi connectivity index (χ1n) is 4.86. The van der Waals surface area contributed by atoms with Crippen LogP contribution < -0.4 is 5.90 Å². The molecule has 4 aliphatic rings.